The molecular weight excluding hydrogens is 182 g/mol. The number of hydrogen-bond donors (Lipinski definition) is 1. The number of oxime groups is 1. The van der Waals surface area contributed by atoms with Crippen molar-refractivity contribution < 1.29 is 5.21 Å². The zero-order valence-corrected chi connectivity index (χ0v) is 8.01. The van der Waals surface area contributed by atoms with Crippen LogP contribution in [0.5, 0.6) is 0 Å². The maximum atomic E-state index is 8.48. The second kappa shape index (κ2) is 3.18. The summed E-state index contributed by atoms with van der Waals surface area (Å²) < 4.78 is 1.23. The molecule has 0 spiro atoms. The first-order valence-electron chi connectivity index (χ1n) is 3.97. The molecule has 13 heavy (non-hydrogen) atoms. The average molecular weight is 191 g/mol. The van der Waals surface area contributed by atoms with Gasteiger partial charge in [-0.15, -0.1) is 11.3 Å². The van der Waals surface area contributed by atoms with Crippen LogP contribution in [0, 0.1) is 6.92 Å². The molecule has 2 rings (SSSR count). The van der Waals surface area contributed by atoms with Gasteiger partial charge in [-0.3, -0.25) is 0 Å². The Morgan fingerprint density at radius 2 is 2.31 bits per heavy atom. The highest BCUT2D eigenvalue weighted by Gasteiger charge is 2.03. The lowest BCUT2D eigenvalue weighted by molar-refractivity contribution is 0.322. The standard InChI is InChI=1S/C10H9NOS/c1-7-6-13-9-4-2-3-8(5-11-12)10(7)9/h2-6,12H,1H3/b11-5+. The molecule has 2 nitrogen and oxygen atoms in total. The summed E-state index contributed by atoms with van der Waals surface area (Å²) >= 11 is 1.71. The number of nitrogens with zero attached hydrogens (tertiary/aromatic N) is 1. The van der Waals surface area contributed by atoms with E-state index in [0.29, 0.717) is 0 Å². The number of thiophene rings is 1. The Hall–Kier alpha value is -1.35. The van der Waals surface area contributed by atoms with Gasteiger partial charge in [-0.25, -0.2) is 0 Å². The normalized spacial score (nSPS) is 11.5. The Balaban J connectivity index is 2.80. The van der Waals surface area contributed by atoms with E-state index in [1.165, 1.54) is 21.9 Å². The molecule has 1 aromatic carbocycles. The smallest absolute Gasteiger partial charge is 0.0740 e. The second-order valence-corrected chi connectivity index (χ2v) is 3.79. The molecule has 0 unspecified atom stereocenters. The van der Waals surface area contributed by atoms with E-state index in [1.54, 1.807) is 11.3 Å². The fraction of sp³-hybridized carbons (Fsp3) is 0.100. The van der Waals surface area contributed by atoms with E-state index in [2.05, 4.69) is 23.5 Å². The van der Waals surface area contributed by atoms with Crippen LogP contribution in [0.3, 0.4) is 0 Å². The van der Waals surface area contributed by atoms with E-state index >= 15 is 0 Å². The van der Waals surface area contributed by atoms with Crippen LogP contribution in [0.25, 0.3) is 10.1 Å². The Bertz CT molecular complexity index is 459. The van der Waals surface area contributed by atoms with E-state index < -0.39 is 0 Å². The van der Waals surface area contributed by atoms with E-state index in [9.17, 15) is 0 Å². The maximum absolute atomic E-state index is 8.48. The summed E-state index contributed by atoms with van der Waals surface area (Å²) in [6.45, 7) is 2.06. The van der Waals surface area contributed by atoms with Crippen molar-refractivity contribution in [3.05, 3.63) is 34.7 Å². The van der Waals surface area contributed by atoms with Gasteiger partial charge in [-0.05, 0) is 23.9 Å². The van der Waals surface area contributed by atoms with Crippen molar-refractivity contribution in [2.75, 3.05) is 0 Å². The van der Waals surface area contributed by atoms with Crippen LogP contribution in [0.1, 0.15) is 11.1 Å². The highest BCUT2D eigenvalue weighted by Crippen LogP contribution is 2.27. The monoisotopic (exact) mass is 191 g/mol. The lowest BCUT2D eigenvalue weighted by atomic mass is 10.1. The Labute approximate surface area is 80.1 Å². The summed E-state index contributed by atoms with van der Waals surface area (Å²) in [6.07, 6.45) is 1.47. The molecule has 0 fully saturated rings. The minimum Gasteiger partial charge on any atom is -0.411 e. The van der Waals surface area contributed by atoms with Crippen LogP contribution >= 0.6 is 11.3 Å². The summed E-state index contributed by atoms with van der Waals surface area (Å²) in [5.74, 6) is 0. The van der Waals surface area contributed by atoms with Crippen LogP contribution in [-0.2, 0) is 0 Å². The molecule has 1 N–H and O–H groups in total. The average Bonchev–Trinajstić information content (AvgIpc) is 2.50. The Morgan fingerprint density at radius 1 is 1.46 bits per heavy atom. The first-order chi connectivity index (χ1) is 6.33. The van der Waals surface area contributed by atoms with Gasteiger partial charge in [0.15, 0.2) is 0 Å². The lowest BCUT2D eigenvalue weighted by Crippen LogP contribution is -1.82. The molecule has 0 aliphatic heterocycles. The van der Waals surface area contributed by atoms with Crippen molar-refractivity contribution >= 4 is 27.6 Å². The fourth-order valence-corrected chi connectivity index (χ4v) is 2.42. The first kappa shape index (κ1) is 8.26. The van der Waals surface area contributed by atoms with Crippen molar-refractivity contribution in [3.8, 4) is 0 Å². The molecule has 0 saturated carbocycles. The second-order valence-electron chi connectivity index (χ2n) is 2.88. The van der Waals surface area contributed by atoms with E-state index in [-0.39, 0.29) is 0 Å². The van der Waals surface area contributed by atoms with E-state index in [0.717, 1.165) is 5.56 Å². The van der Waals surface area contributed by atoms with Gasteiger partial charge in [-0.2, -0.15) is 0 Å². The predicted octanol–water partition coefficient (Wildman–Crippen LogP) is 3.02. The van der Waals surface area contributed by atoms with Gasteiger partial charge in [0, 0.05) is 15.6 Å². The topological polar surface area (TPSA) is 32.6 Å². The van der Waals surface area contributed by atoms with Crippen LogP contribution in [0.4, 0.5) is 0 Å². The van der Waals surface area contributed by atoms with Crippen LogP contribution in [0.2, 0.25) is 0 Å². The lowest BCUT2D eigenvalue weighted by Gasteiger charge is -1.96. The van der Waals surface area contributed by atoms with Crippen molar-refractivity contribution in [2.45, 2.75) is 6.92 Å². The van der Waals surface area contributed by atoms with Crippen LogP contribution in [0.15, 0.2) is 28.7 Å². The molecule has 0 atom stereocenters. The van der Waals surface area contributed by atoms with Crippen molar-refractivity contribution in [1.29, 1.82) is 0 Å². The summed E-state index contributed by atoms with van der Waals surface area (Å²) in [7, 11) is 0. The number of benzene rings is 1. The fourth-order valence-electron chi connectivity index (χ4n) is 1.45. The maximum Gasteiger partial charge on any atom is 0.0740 e. The minimum atomic E-state index is 0.971. The molecule has 66 valence electrons. The first-order valence-corrected chi connectivity index (χ1v) is 4.85. The number of fused-ring (bicyclic) bond motifs is 1. The molecule has 0 aliphatic carbocycles. The van der Waals surface area contributed by atoms with Gasteiger partial charge in [0.1, 0.15) is 0 Å². The van der Waals surface area contributed by atoms with Gasteiger partial charge in [0.05, 0.1) is 6.21 Å². The van der Waals surface area contributed by atoms with Gasteiger partial charge < -0.3 is 5.21 Å². The van der Waals surface area contributed by atoms with Crippen molar-refractivity contribution in [1.82, 2.24) is 0 Å². The van der Waals surface area contributed by atoms with Gasteiger partial charge in [0.2, 0.25) is 0 Å². The summed E-state index contributed by atoms with van der Waals surface area (Å²) in [5.41, 5.74) is 2.20. The predicted molar refractivity (Wildman–Crippen MR) is 55.9 cm³/mol. The van der Waals surface area contributed by atoms with Gasteiger partial charge >= 0.3 is 0 Å². The van der Waals surface area contributed by atoms with E-state index in [1.807, 2.05) is 12.1 Å². The van der Waals surface area contributed by atoms with Crippen molar-refractivity contribution in [2.24, 2.45) is 5.16 Å². The van der Waals surface area contributed by atoms with Crippen LogP contribution < -0.4 is 0 Å². The number of aryl methyl sites for hydroxylation is 1. The van der Waals surface area contributed by atoms with Crippen molar-refractivity contribution in [3.63, 3.8) is 0 Å². The number of hydrogen-bond acceptors (Lipinski definition) is 3. The molecule has 3 heteroatoms. The molecule has 0 radical (unpaired) electrons. The third kappa shape index (κ3) is 1.31. The zero-order valence-electron chi connectivity index (χ0n) is 7.19. The third-order valence-corrected chi connectivity index (χ3v) is 3.08. The largest absolute Gasteiger partial charge is 0.411 e. The molecule has 0 saturated heterocycles. The summed E-state index contributed by atoms with van der Waals surface area (Å²) in [4.78, 5) is 0. The molecule has 0 bridgehead atoms. The van der Waals surface area contributed by atoms with Gasteiger partial charge in [0.25, 0.3) is 0 Å². The van der Waals surface area contributed by atoms with Crippen LogP contribution in [-0.4, -0.2) is 11.4 Å². The third-order valence-electron chi connectivity index (χ3n) is 2.01. The molecular formula is C10H9NOS. The Kier molecular flexibility index (Phi) is 2.02. The molecule has 2 aromatic rings. The summed E-state index contributed by atoms with van der Waals surface area (Å²) in [6, 6.07) is 5.98. The molecule has 0 aliphatic rings. The quantitative estimate of drug-likeness (QED) is 0.419. The summed E-state index contributed by atoms with van der Waals surface area (Å²) in [5, 5.41) is 14.8. The Morgan fingerprint density at radius 3 is 3.08 bits per heavy atom. The molecule has 1 aromatic heterocycles. The zero-order chi connectivity index (χ0) is 9.26. The minimum absolute atomic E-state index is 0.971. The number of rotatable bonds is 1. The van der Waals surface area contributed by atoms with Gasteiger partial charge in [-0.1, -0.05) is 17.3 Å². The molecule has 1 heterocycles. The highest BCUT2D eigenvalue weighted by atomic mass is 32.1. The van der Waals surface area contributed by atoms with E-state index in [4.69, 9.17) is 5.21 Å². The SMILES string of the molecule is Cc1csc2cccc(/C=N/O)c12. The highest BCUT2D eigenvalue weighted by molar-refractivity contribution is 7.17. The molecule has 0 amide bonds.